The second kappa shape index (κ2) is 5.83. The van der Waals surface area contributed by atoms with E-state index in [9.17, 15) is 4.79 Å². The van der Waals surface area contributed by atoms with E-state index in [1.54, 1.807) is 0 Å². The highest BCUT2D eigenvalue weighted by Crippen LogP contribution is 2.27. The van der Waals surface area contributed by atoms with Gasteiger partial charge in [-0.25, -0.2) is 0 Å². The van der Waals surface area contributed by atoms with Gasteiger partial charge in [0.1, 0.15) is 5.75 Å². The highest BCUT2D eigenvalue weighted by Gasteiger charge is 2.02. The first kappa shape index (κ1) is 8.25. The SMILES string of the molecule is [2H]c1c([2H])c(OCCCC(=O)O)c(Cl)c([2H])c1Cl. The predicted octanol–water partition coefficient (Wildman–Crippen LogP) is 3.24. The summed E-state index contributed by atoms with van der Waals surface area (Å²) in [4.78, 5) is 10.3. The molecule has 0 aliphatic heterocycles. The van der Waals surface area contributed by atoms with Gasteiger partial charge in [0.2, 0.25) is 0 Å². The summed E-state index contributed by atoms with van der Waals surface area (Å²) in [5.41, 5.74) is 0. The minimum absolute atomic E-state index is 0.0401. The molecule has 0 spiro atoms. The molecule has 1 rings (SSSR count). The fourth-order valence-corrected chi connectivity index (χ4v) is 1.23. The quantitative estimate of drug-likeness (QED) is 0.818. The molecular formula is C10H10Cl2O3. The second-order valence-corrected chi connectivity index (χ2v) is 3.43. The normalized spacial score (nSPS) is 12.8. The predicted molar refractivity (Wildman–Crippen MR) is 58.8 cm³/mol. The van der Waals surface area contributed by atoms with Crippen LogP contribution < -0.4 is 4.74 Å². The number of carboxylic acids is 1. The molecule has 1 aromatic carbocycles. The van der Waals surface area contributed by atoms with Crippen molar-refractivity contribution in [2.75, 3.05) is 6.61 Å². The third-order valence-corrected chi connectivity index (χ3v) is 1.94. The van der Waals surface area contributed by atoms with Gasteiger partial charge in [-0.1, -0.05) is 23.2 Å². The zero-order valence-electron chi connectivity index (χ0n) is 10.6. The van der Waals surface area contributed by atoms with Crippen LogP contribution in [0.25, 0.3) is 0 Å². The lowest BCUT2D eigenvalue weighted by atomic mass is 10.3. The first-order chi connectivity index (χ1) is 8.36. The lowest BCUT2D eigenvalue weighted by molar-refractivity contribution is -0.137. The third kappa shape index (κ3) is 4.40. The van der Waals surface area contributed by atoms with Crippen molar-refractivity contribution in [1.82, 2.24) is 0 Å². The van der Waals surface area contributed by atoms with E-state index in [1.807, 2.05) is 0 Å². The van der Waals surface area contributed by atoms with Gasteiger partial charge in [-0.15, -0.1) is 0 Å². The van der Waals surface area contributed by atoms with E-state index < -0.39 is 5.97 Å². The number of rotatable bonds is 5. The molecule has 0 amide bonds. The van der Waals surface area contributed by atoms with Crippen LogP contribution in [-0.2, 0) is 4.79 Å². The minimum atomic E-state index is -0.950. The van der Waals surface area contributed by atoms with Gasteiger partial charge >= 0.3 is 5.97 Å². The zero-order valence-corrected chi connectivity index (χ0v) is 9.15. The number of aliphatic carboxylic acids is 1. The molecule has 0 bridgehead atoms. The van der Waals surface area contributed by atoms with Crippen LogP contribution in [0.5, 0.6) is 5.75 Å². The molecule has 0 fully saturated rings. The van der Waals surface area contributed by atoms with Gasteiger partial charge in [0.05, 0.1) is 15.7 Å². The lowest BCUT2D eigenvalue weighted by Crippen LogP contribution is -2.02. The highest BCUT2D eigenvalue weighted by atomic mass is 35.5. The van der Waals surface area contributed by atoms with Crippen LogP contribution >= 0.6 is 23.2 Å². The smallest absolute Gasteiger partial charge is 0.303 e. The maximum atomic E-state index is 10.3. The van der Waals surface area contributed by atoms with Crippen LogP contribution in [0.1, 0.15) is 17.0 Å². The summed E-state index contributed by atoms with van der Waals surface area (Å²) in [7, 11) is 0. The van der Waals surface area contributed by atoms with Crippen molar-refractivity contribution in [3.63, 3.8) is 0 Å². The summed E-state index contributed by atoms with van der Waals surface area (Å²) in [5, 5.41) is 8.10. The summed E-state index contributed by atoms with van der Waals surface area (Å²) in [5.74, 6) is -1.06. The summed E-state index contributed by atoms with van der Waals surface area (Å²) < 4.78 is 27.8. The Labute approximate surface area is 102 Å². The number of carboxylic acid groups (broad SMARTS) is 1. The maximum absolute atomic E-state index is 10.3. The second-order valence-electron chi connectivity index (χ2n) is 2.68. The maximum Gasteiger partial charge on any atom is 0.303 e. The van der Waals surface area contributed by atoms with Gasteiger partial charge in [0.25, 0.3) is 0 Å². The van der Waals surface area contributed by atoms with Crippen LogP contribution in [0.15, 0.2) is 18.1 Å². The minimum Gasteiger partial charge on any atom is -0.492 e. The average molecular weight is 252 g/mol. The first-order valence-electron chi connectivity index (χ1n) is 5.65. The third-order valence-electron chi connectivity index (χ3n) is 1.49. The molecule has 0 atom stereocenters. The van der Waals surface area contributed by atoms with E-state index in [4.69, 9.17) is 37.2 Å². The number of hydrogen-bond donors (Lipinski definition) is 1. The Hall–Kier alpha value is -0.930. The number of halogens is 2. The molecule has 5 heteroatoms. The van der Waals surface area contributed by atoms with Crippen LogP contribution in [0, 0.1) is 0 Å². The zero-order chi connectivity index (χ0) is 13.9. The molecule has 0 heterocycles. The number of hydrogen-bond acceptors (Lipinski definition) is 2. The van der Waals surface area contributed by atoms with Crippen molar-refractivity contribution < 1.29 is 18.8 Å². The molecule has 0 saturated heterocycles. The van der Waals surface area contributed by atoms with Gasteiger partial charge in [-0.2, -0.15) is 0 Å². The van der Waals surface area contributed by atoms with Crippen molar-refractivity contribution in [3.8, 4) is 5.75 Å². The molecule has 0 saturated carbocycles. The Kier molecular flexibility index (Phi) is 3.21. The molecule has 0 radical (unpaired) electrons. The van der Waals surface area contributed by atoms with E-state index in [2.05, 4.69) is 0 Å². The highest BCUT2D eigenvalue weighted by molar-refractivity contribution is 6.35. The summed E-state index contributed by atoms with van der Waals surface area (Å²) >= 11 is 11.5. The van der Waals surface area contributed by atoms with E-state index in [-0.39, 0.29) is 53.4 Å². The molecule has 0 aliphatic rings. The van der Waals surface area contributed by atoms with Crippen molar-refractivity contribution in [1.29, 1.82) is 0 Å². The monoisotopic (exact) mass is 251 g/mol. The van der Waals surface area contributed by atoms with Crippen molar-refractivity contribution >= 4 is 29.2 Å². The molecule has 15 heavy (non-hydrogen) atoms. The Morgan fingerprint density at radius 3 is 2.93 bits per heavy atom. The molecule has 1 N–H and O–H groups in total. The lowest BCUT2D eigenvalue weighted by Gasteiger charge is -2.06. The number of ether oxygens (including phenoxy) is 1. The van der Waals surface area contributed by atoms with Crippen molar-refractivity contribution in [2.45, 2.75) is 12.8 Å². The molecule has 1 aromatic rings. The summed E-state index contributed by atoms with van der Waals surface area (Å²) in [6, 6.07) is -0.914. The topological polar surface area (TPSA) is 46.5 Å². The van der Waals surface area contributed by atoms with Crippen molar-refractivity contribution in [2.24, 2.45) is 0 Å². The summed E-state index contributed by atoms with van der Waals surface area (Å²) in [6.45, 7) is 0.0401. The molecule has 3 nitrogen and oxygen atoms in total. The van der Waals surface area contributed by atoms with E-state index in [1.165, 1.54) is 0 Å². The number of carbonyl (C=O) groups is 1. The fourth-order valence-electron chi connectivity index (χ4n) is 0.848. The van der Waals surface area contributed by atoms with Gasteiger partial charge in [0, 0.05) is 11.4 Å². The molecule has 0 aromatic heterocycles. The number of benzene rings is 1. The van der Waals surface area contributed by atoms with Gasteiger partial charge in [0.15, 0.2) is 0 Å². The molecular weight excluding hydrogens is 239 g/mol. The van der Waals surface area contributed by atoms with Gasteiger partial charge in [-0.3, -0.25) is 4.79 Å². The van der Waals surface area contributed by atoms with Crippen LogP contribution in [-0.4, -0.2) is 17.7 Å². The molecule has 0 aliphatic carbocycles. The van der Waals surface area contributed by atoms with Crippen LogP contribution in [0.3, 0.4) is 0 Å². The van der Waals surface area contributed by atoms with Gasteiger partial charge < -0.3 is 9.84 Å². The largest absolute Gasteiger partial charge is 0.492 e. The van der Waals surface area contributed by atoms with Crippen LogP contribution in [0.4, 0.5) is 0 Å². The average Bonchev–Trinajstić information content (AvgIpc) is 2.32. The van der Waals surface area contributed by atoms with E-state index >= 15 is 0 Å². The Bertz CT molecular complexity index is 451. The first-order valence-corrected chi connectivity index (χ1v) is 4.91. The Balaban J connectivity index is 2.86. The standard InChI is InChI=1S/C10H10Cl2O3/c11-7-3-4-9(8(12)6-7)15-5-1-2-10(13)14/h3-4,6H,1-2,5H2,(H,13,14)/i3D,4D,6D. The van der Waals surface area contributed by atoms with E-state index in [0.717, 1.165) is 0 Å². The van der Waals surface area contributed by atoms with E-state index in [0.29, 0.717) is 0 Å². The molecule has 0 unspecified atom stereocenters. The van der Waals surface area contributed by atoms with Crippen LogP contribution in [0.2, 0.25) is 10.0 Å². The summed E-state index contributed by atoms with van der Waals surface area (Å²) in [6.07, 6.45) is 0.175. The fraction of sp³-hybridized carbons (Fsp3) is 0.300. The Morgan fingerprint density at radius 2 is 2.27 bits per heavy atom. The Morgan fingerprint density at radius 1 is 1.53 bits per heavy atom. The van der Waals surface area contributed by atoms with Gasteiger partial charge in [-0.05, 0) is 24.5 Å². The van der Waals surface area contributed by atoms with Crippen molar-refractivity contribution in [3.05, 3.63) is 28.2 Å². The molecule has 82 valence electrons.